The number of hydrogen-bond acceptors (Lipinski definition) is 4. The molecule has 1 aromatic rings. The minimum absolute atomic E-state index is 0.0427. The largest absolute Gasteiger partial charge is 0.488 e. The molecule has 0 saturated heterocycles. The number of ether oxygens (including phenoxy) is 1. The van der Waals surface area contributed by atoms with Gasteiger partial charge in [0.1, 0.15) is 5.82 Å². The van der Waals surface area contributed by atoms with E-state index in [-0.39, 0.29) is 17.4 Å². The van der Waals surface area contributed by atoms with Gasteiger partial charge in [-0.25, -0.2) is 4.39 Å². The zero-order valence-electron chi connectivity index (χ0n) is 8.11. The number of hydrogen-bond donors (Lipinski definition) is 2. The van der Waals surface area contributed by atoms with Gasteiger partial charge >= 0.3 is 13.1 Å². The van der Waals surface area contributed by atoms with Crippen LogP contribution in [0.25, 0.3) is 0 Å². The maximum atomic E-state index is 13.3. The van der Waals surface area contributed by atoms with Crippen molar-refractivity contribution < 1.29 is 24.0 Å². The van der Waals surface area contributed by atoms with Gasteiger partial charge in [-0.2, -0.15) is 0 Å². The second kappa shape index (κ2) is 4.90. The molecule has 0 bridgehead atoms. The third-order valence-electron chi connectivity index (χ3n) is 1.94. The van der Waals surface area contributed by atoms with Gasteiger partial charge in [0.25, 0.3) is 0 Å². The zero-order valence-corrected chi connectivity index (χ0v) is 8.11. The minimum Gasteiger partial charge on any atom is -0.469 e. The van der Waals surface area contributed by atoms with Gasteiger partial charge in [-0.1, -0.05) is 12.1 Å². The van der Waals surface area contributed by atoms with Crippen LogP contribution in [-0.2, 0) is 16.0 Å². The molecule has 0 amide bonds. The number of carbonyl (C=O) groups is 1. The number of rotatable bonds is 3. The van der Waals surface area contributed by atoms with Gasteiger partial charge in [0.15, 0.2) is 0 Å². The van der Waals surface area contributed by atoms with Crippen LogP contribution in [0.2, 0.25) is 0 Å². The van der Waals surface area contributed by atoms with Crippen molar-refractivity contribution in [2.75, 3.05) is 7.11 Å². The Bertz CT molecular complexity index is 367. The quantitative estimate of drug-likeness (QED) is 0.509. The van der Waals surface area contributed by atoms with E-state index in [0.717, 1.165) is 6.07 Å². The summed E-state index contributed by atoms with van der Waals surface area (Å²) in [4.78, 5) is 10.9. The summed E-state index contributed by atoms with van der Waals surface area (Å²) in [6.07, 6.45) is -0.176. The first-order valence-corrected chi connectivity index (χ1v) is 4.26. The van der Waals surface area contributed by atoms with Crippen LogP contribution in [-0.4, -0.2) is 30.2 Å². The van der Waals surface area contributed by atoms with Crippen LogP contribution < -0.4 is 5.46 Å². The van der Waals surface area contributed by atoms with Gasteiger partial charge in [0.2, 0.25) is 0 Å². The second-order valence-corrected chi connectivity index (χ2v) is 2.98. The highest BCUT2D eigenvalue weighted by molar-refractivity contribution is 6.58. The maximum Gasteiger partial charge on any atom is 0.488 e. The summed E-state index contributed by atoms with van der Waals surface area (Å²) < 4.78 is 17.7. The first-order valence-electron chi connectivity index (χ1n) is 4.26. The lowest BCUT2D eigenvalue weighted by Crippen LogP contribution is -2.30. The Hall–Kier alpha value is -1.40. The van der Waals surface area contributed by atoms with Crippen molar-refractivity contribution in [3.63, 3.8) is 0 Å². The summed E-state index contributed by atoms with van der Waals surface area (Å²) >= 11 is 0. The van der Waals surface area contributed by atoms with Crippen molar-refractivity contribution in [3.05, 3.63) is 29.6 Å². The topological polar surface area (TPSA) is 66.8 Å². The van der Waals surface area contributed by atoms with Crippen LogP contribution in [0.15, 0.2) is 18.2 Å². The van der Waals surface area contributed by atoms with Crippen molar-refractivity contribution >= 4 is 18.6 Å². The molecule has 6 heteroatoms. The molecule has 0 atom stereocenters. The van der Waals surface area contributed by atoms with E-state index in [4.69, 9.17) is 10.0 Å². The smallest absolute Gasteiger partial charge is 0.469 e. The van der Waals surface area contributed by atoms with Gasteiger partial charge in [0, 0.05) is 0 Å². The molecule has 2 N–H and O–H groups in total. The van der Waals surface area contributed by atoms with E-state index in [1.807, 2.05) is 0 Å². The van der Waals surface area contributed by atoms with E-state index in [0.29, 0.717) is 0 Å². The highest BCUT2D eigenvalue weighted by atomic mass is 19.1. The molecule has 1 rings (SSSR count). The highest BCUT2D eigenvalue weighted by Crippen LogP contribution is 2.06. The Kier molecular flexibility index (Phi) is 3.82. The molecular formula is C9H10BFO4. The Morgan fingerprint density at radius 3 is 2.67 bits per heavy atom. The standard InChI is InChI=1S/C9H10BFO4/c1-15-9(12)4-6-2-3-7(10(13)14)5-8(6)11/h2-3,5,13-14H,4H2,1H3. The Morgan fingerprint density at radius 2 is 2.20 bits per heavy atom. The molecular weight excluding hydrogens is 202 g/mol. The van der Waals surface area contributed by atoms with Crippen LogP contribution in [0.4, 0.5) is 4.39 Å². The summed E-state index contributed by atoms with van der Waals surface area (Å²) in [5.41, 5.74) is 0.201. The van der Waals surface area contributed by atoms with Crippen molar-refractivity contribution in [3.8, 4) is 0 Å². The lowest BCUT2D eigenvalue weighted by molar-refractivity contribution is -0.139. The first kappa shape index (κ1) is 11.7. The summed E-state index contributed by atoms with van der Waals surface area (Å²) in [5, 5.41) is 17.5. The minimum atomic E-state index is -1.72. The SMILES string of the molecule is COC(=O)Cc1ccc(B(O)O)cc1F. The average molecular weight is 212 g/mol. The number of halogens is 1. The molecule has 0 aromatic heterocycles. The van der Waals surface area contributed by atoms with E-state index in [1.54, 1.807) is 0 Å². The number of carbonyl (C=O) groups excluding carboxylic acids is 1. The van der Waals surface area contributed by atoms with E-state index >= 15 is 0 Å². The van der Waals surface area contributed by atoms with Gasteiger partial charge in [-0.05, 0) is 17.1 Å². The van der Waals surface area contributed by atoms with Gasteiger partial charge in [0.05, 0.1) is 13.5 Å². The monoisotopic (exact) mass is 212 g/mol. The molecule has 0 radical (unpaired) electrons. The summed E-state index contributed by atoms with van der Waals surface area (Å²) in [6.45, 7) is 0. The number of methoxy groups -OCH3 is 1. The Labute approximate surface area is 86.4 Å². The van der Waals surface area contributed by atoms with Crippen molar-refractivity contribution in [1.82, 2.24) is 0 Å². The van der Waals surface area contributed by atoms with Crippen LogP contribution in [0, 0.1) is 5.82 Å². The van der Waals surface area contributed by atoms with Crippen LogP contribution >= 0.6 is 0 Å². The zero-order chi connectivity index (χ0) is 11.4. The molecule has 0 aliphatic rings. The van der Waals surface area contributed by atoms with Crippen molar-refractivity contribution in [2.45, 2.75) is 6.42 Å². The second-order valence-electron chi connectivity index (χ2n) is 2.98. The number of esters is 1. The number of benzene rings is 1. The Morgan fingerprint density at radius 1 is 1.53 bits per heavy atom. The fourth-order valence-electron chi connectivity index (χ4n) is 1.10. The molecule has 0 fully saturated rings. The molecule has 15 heavy (non-hydrogen) atoms. The van der Waals surface area contributed by atoms with Crippen LogP contribution in [0.1, 0.15) is 5.56 Å². The fourth-order valence-corrected chi connectivity index (χ4v) is 1.10. The van der Waals surface area contributed by atoms with E-state index in [2.05, 4.69) is 4.74 Å². The van der Waals surface area contributed by atoms with Crippen molar-refractivity contribution in [1.29, 1.82) is 0 Å². The van der Waals surface area contributed by atoms with E-state index < -0.39 is 18.9 Å². The predicted octanol–water partition coefficient (Wildman–Crippen LogP) is -0.779. The molecule has 80 valence electrons. The highest BCUT2D eigenvalue weighted by Gasteiger charge is 2.14. The Balaban J connectivity index is 2.88. The molecule has 4 nitrogen and oxygen atoms in total. The van der Waals surface area contributed by atoms with Gasteiger partial charge < -0.3 is 14.8 Å². The molecule has 0 aliphatic heterocycles. The van der Waals surface area contributed by atoms with E-state index in [9.17, 15) is 9.18 Å². The average Bonchev–Trinajstić information content (AvgIpc) is 2.20. The predicted molar refractivity (Wildman–Crippen MR) is 51.9 cm³/mol. The normalized spacial score (nSPS) is 9.87. The lowest BCUT2D eigenvalue weighted by Gasteiger charge is -2.04. The summed E-state index contributed by atoms with van der Waals surface area (Å²) in [7, 11) is -0.502. The van der Waals surface area contributed by atoms with Crippen molar-refractivity contribution in [2.24, 2.45) is 0 Å². The molecule has 0 unspecified atom stereocenters. The fraction of sp³-hybridized carbons (Fsp3) is 0.222. The molecule has 0 saturated carbocycles. The van der Waals surface area contributed by atoms with Crippen LogP contribution in [0.3, 0.4) is 0 Å². The van der Waals surface area contributed by atoms with Gasteiger partial charge in [-0.3, -0.25) is 4.79 Å². The lowest BCUT2D eigenvalue weighted by atomic mass is 9.80. The summed E-state index contributed by atoms with van der Waals surface area (Å²) in [6, 6.07) is 3.63. The summed E-state index contributed by atoms with van der Waals surface area (Å²) in [5.74, 6) is -1.21. The molecule has 0 aliphatic carbocycles. The third-order valence-corrected chi connectivity index (χ3v) is 1.94. The first-order chi connectivity index (χ1) is 7.04. The maximum absolute atomic E-state index is 13.3. The van der Waals surface area contributed by atoms with Crippen LogP contribution in [0.5, 0.6) is 0 Å². The molecule has 1 aromatic carbocycles. The molecule has 0 spiro atoms. The van der Waals surface area contributed by atoms with Gasteiger partial charge in [-0.15, -0.1) is 0 Å². The molecule has 0 heterocycles. The third kappa shape index (κ3) is 3.04. The van der Waals surface area contributed by atoms with E-state index in [1.165, 1.54) is 19.2 Å².